The first-order valence-corrected chi connectivity index (χ1v) is 9.25. The lowest BCUT2D eigenvalue weighted by Crippen LogP contribution is -2.44. The number of alkyl carbamates (subject to hydrolysis) is 1. The molecule has 0 aliphatic heterocycles. The molecule has 0 aliphatic rings. The summed E-state index contributed by atoms with van der Waals surface area (Å²) in [6.07, 6.45) is -0.677. The molecule has 1 rings (SSSR count). The second kappa shape index (κ2) is 9.60. The molecular formula is C19H28ClN3O4. The average molecular weight is 398 g/mol. The SMILES string of the molecule is CCN(CC)C(=O)c1ccc(NC(=O)C(C)NC(=O)OC(C)(C)C)cc1Cl. The summed E-state index contributed by atoms with van der Waals surface area (Å²) in [5.41, 5.74) is 0.151. The molecule has 1 unspecified atom stereocenters. The van der Waals surface area contributed by atoms with Crippen molar-refractivity contribution in [3.05, 3.63) is 28.8 Å². The molecule has 1 aromatic rings. The van der Waals surface area contributed by atoms with Crippen LogP contribution in [0.5, 0.6) is 0 Å². The summed E-state index contributed by atoms with van der Waals surface area (Å²) in [6, 6.07) is 3.87. The van der Waals surface area contributed by atoms with Gasteiger partial charge in [0.05, 0.1) is 10.6 Å². The summed E-state index contributed by atoms with van der Waals surface area (Å²) in [7, 11) is 0. The Morgan fingerprint density at radius 3 is 2.26 bits per heavy atom. The van der Waals surface area contributed by atoms with Gasteiger partial charge in [0.15, 0.2) is 0 Å². The fourth-order valence-corrected chi connectivity index (χ4v) is 2.51. The Bertz CT molecular complexity index is 697. The first-order chi connectivity index (χ1) is 12.5. The van der Waals surface area contributed by atoms with E-state index in [0.29, 0.717) is 24.3 Å². The molecule has 0 radical (unpaired) electrons. The minimum Gasteiger partial charge on any atom is -0.444 e. The summed E-state index contributed by atoms with van der Waals surface area (Å²) in [6.45, 7) is 11.7. The highest BCUT2D eigenvalue weighted by Crippen LogP contribution is 2.22. The van der Waals surface area contributed by atoms with Crippen LogP contribution in [0.15, 0.2) is 18.2 Å². The highest BCUT2D eigenvalue weighted by molar-refractivity contribution is 6.34. The van der Waals surface area contributed by atoms with Crippen LogP contribution in [0.1, 0.15) is 51.9 Å². The van der Waals surface area contributed by atoms with E-state index in [4.69, 9.17) is 16.3 Å². The summed E-state index contributed by atoms with van der Waals surface area (Å²) in [5, 5.41) is 5.37. The second-order valence-corrected chi connectivity index (χ2v) is 7.44. The van der Waals surface area contributed by atoms with Crippen molar-refractivity contribution in [1.29, 1.82) is 0 Å². The minimum absolute atomic E-state index is 0.164. The van der Waals surface area contributed by atoms with E-state index >= 15 is 0 Å². The topological polar surface area (TPSA) is 87.7 Å². The lowest BCUT2D eigenvalue weighted by Gasteiger charge is -2.22. The molecule has 150 valence electrons. The number of amides is 3. The van der Waals surface area contributed by atoms with Crippen LogP contribution in [-0.2, 0) is 9.53 Å². The first kappa shape index (κ1) is 22.8. The number of carbonyl (C=O) groups is 3. The van der Waals surface area contributed by atoms with E-state index in [1.165, 1.54) is 6.07 Å². The minimum atomic E-state index is -0.810. The molecule has 1 aromatic carbocycles. The summed E-state index contributed by atoms with van der Waals surface area (Å²) >= 11 is 6.21. The van der Waals surface area contributed by atoms with E-state index in [2.05, 4.69) is 10.6 Å². The van der Waals surface area contributed by atoms with Crippen LogP contribution in [0, 0.1) is 0 Å². The van der Waals surface area contributed by atoms with E-state index in [0.717, 1.165) is 0 Å². The molecule has 0 heterocycles. The third-order valence-corrected chi connectivity index (χ3v) is 3.96. The van der Waals surface area contributed by atoms with Crippen molar-refractivity contribution >= 4 is 35.2 Å². The number of nitrogens with one attached hydrogen (secondary N) is 2. The maximum atomic E-state index is 12.4. The second-order valence-electron chi connectivity index (χ2n) is 7.03. The Morgan fingerprint density at radius 1 is 1.19 bits per heavy atom. The van der Waals surface area contributed by atoms with E-state index in [-0.39, 0.29) is 10.9 Å². The van der Waals surface area contributed by atoms with Crippen molar-refractivity contribution in [3.8, 4) is 0 Å². The Hall–Kier alpha value is -2.28. The standard InChI is InChI=1S/C19H28ClN3O4/c1-7-23(8-2)17(25)14-10-9-13(11-15(14)20)22-16(24)12(3)21-18(26)27-19(4,5)6/h9-12H,7-8H2,1-6H3,(H,21,26)(H,22,24). The Labute approximate surface area is 165 Å². The van der Waals surface area contributed by atoms with Gasteiger partial charge in [-0.2, -0.15) is 0 Å². The molecule has 7 nitrogen and oxygen atoms in total. The molecule has 0 saturated carbocycles. The van der Waals surface area contributed by atoms with Gasteiger partial charge in [-0.3, -0.25) is 9.59 Å². The maximum absolute atomic E-state index is 12.4. The number of ether oxygens (including phenoxy) is 1. The average Bonchev–Trinajstić information content (AvgIpc) is 2.53. The van der Waals surface area contributed by atoms with Crippen molar-refractivity contribution < 1.29 is 19.1 Å². The van der Waals surface area contributed by atoms with Gasteiger partial charge < -0.3 is 20.3 Å². The fraction of sp³-hybridized carbons (Fsp3) is 0.526. The molecule has 1 atom stereocenters. The molecule has 27 heavy (non-hydrogen) atoms. The Morgan fingerprint density at radius 2 is 1.78 bits per heavy atom. The molecule has 0 spiro atoms. The van der Waals surface area contributed by atoms with Gasteiger partial charge in [-0.15, -0.1) is 0 Å². The van der Waals surface area contributed by atoms with Crippen LogP contribution in [0.4, 0.5) is 10.5 Å². The summed E-state index contributed by atoms with van der Waals surface area (Å²) in [5.74, 6) is -0.595. The zero-order valence-corrected chi connectivity index (χ0v) is 17.4. The monoisotopic (exact) mass is 397 g/mol. The smallest absolute Gasteiger partial charge is 0.408 e. The normalized spacial score (nSPS) is 12.1. The quantitative estimate of drug-likeness (QED) is 0.766. The predicted molar refractivity (Wildman–Crippen MR) is 106 cm³/mol. The summed E-state index contributed by atoms with van der Waals surface area (Å²) < 4.78 is 5.12. The molecule has 8 heteroatoms. The Balaban J connectivity index is 2.76. The van der Waals surface area contributed by atoms with E-state index in [1.807, 2.05) is 13.8 Å². The number of hydrogen-bond donors (Lipinski definition) is 2. The molecular weight excluding hydrogens is 370 g/mol. The van der Waals surface area contributed by atoms with Gasteiger partial charge in [-0.05, 0) is 59.7 Å². The number of anilines is 1. The van der Waals surface area contributed by atoms with Crippen LogP contribution in [0.25, 0.3) is 0 Å². The molecule has 0 saturated heterocycles. The fourth-order valence-electron chi connectivity index (χ4n) is 2.25. The number of hydrogen-bond acceptors (Lipinski definition) is 4. The largest absolute Gasteiger partial charge is 0.444 e. The van der Waals surface area contributed by atoms with Crippen LogP contribution < -0.4 is 10.6 Å². The highest BCUT2D eigenvalue weighted by Gasteiger charge is 2.22. The molecule has 0 fully saturated rings. The zero-order chi connectivity index (χ0) is 20.8. The van der Waals surface area contributed by atoms with Gasteiger partial charge in [0.1, 0.15) is 11.6 Å². The highest BCUT2D eigenvalue weighted by atomic mass is 35.5. The molecule has 3 amide bonds. The maximum Gasteiger partial charge on any atom is 0.408 e. The van der Waals surface area contributed by atoms with Gasteiger partial charge in [-0.1, -0.05) is 11.6 Å². The van der Waals surface area contributed by atoms with E-state index < -0.39 is 23.6 Å². The molecule has 0 aromatic heterocycles. The van der Waals surface area contributed by atoms with E-state index in [9.17, 15) is 14.4 Å². The van der Waals surface area contributed by atoms with E-state index in [1.54, 1.807) is 44.7 Å². The molecule has 0 bridgehead atoms. The number of halogens is 1. The Kier molecular flexibility index (Phi) is 8.09. The van der Waals surface area contributed by atoms with Crippen LogP contribution >= 0.6 is 11.6 Å². The number of rotatable bonds is 6. The van der Waals surface area contributed by atoms with Gasteiger partial charge >= 0.3 is 6.09 Å². The molecule has 2 N–H and O–H groups in total. The van der Waals surface area contributed by atoms with Gasteiger partial charge in [0, 0.05) is 18.8 Å². The van der Waals surface area contributed by atoms with Crippen molar-refractivity contribution in [2.45, 2.75) is 53.2 Å². The van der Waals surface area contributed by atoms with Gasteiger partial charge in [-0.25, -0.2) is 4.79 Å². The van der Waals surface area contributed by atoms with Crippen molar-refractivity contribution in [2.75, 3.05) is 18.4 Å². The van der Waals surface area contributed by atoms with Crippen LogP contribution in [-0.4, -0.2) is 47.5 Å². The first-order valence-electron chi connectivity index (χ1n) is 8.87. The van der Waals surface area contributed by atoms with Crippen molar-refractivity contribution in [3.63, 3.8) is 0 Å². The zero-order valence-electron chi connectivity index (χ0n) is 16.7. The van der Waals surface area contributed by atoms with Crippen LogP contribution in [0.2, 0.25) is 5.02 Å². The number of carbonyl (C=O) groups excluding carboxylic acids is 3. The predicted octanol–water partition coefficient (Wildman–Crippen LogP) is 3.67. The van der Waals surface area contributed by atoms with Crippen molar-refractivity contribution in [2.24, 2.45) is 0 Å². The van der Waals surface area contributed by atoms with Gasteiger partial charge in [0.25, 0.3) is 5.91 Å². The molecule has 0 aliphatic carbocycles. The number of nitrogens with zero attached hydrogens (tertiary/aromatic N) is 1. The van der Waals surface area contributed by atoms with Crippen molar-refractivity contribution in [1.82, 2.24) is 10.2 Å². The lowest BCUT2D eigenvalue weighted by molar-refractivity contribution is -0.117. The third kappa shape index (κ3) is 7.09. The third-order valence-electron chi connectivity index (χ3n) is 3.64. The number of benzene rings is 1. The van der Waals surface area contributed by atoms with Gasteiger partial charge in [0.2, 0.25) is 5.91 Å². The van der Waals surface area contributed by atoms with Crippen LogP contribution in [0.3, 0.4) is 0 Å². The lowest BCUT2D eigenvalue weighted by atomic mass is 10.1. The summed E-state index contributed by atoms with van der Waals surface area (Å²) in [4.78, 5) is 38.0.